The van der Waals surface area contributed by atoms with E-state index in [0.717, 1.165) is 22.2 Å². The average Bonchev–Trinajstić information content (AvgIpc) is 3.15. The number of H-pyrrole nitrogens is 1. The number of hydrogen-bond acceptors (Lipinski definition) is 6. The van der Waals surface area contributed by atoms with E-state index in [1.165, 1.54) is 12.0 Å². The number of fused-ring (bicyclic) bond motifs is 3. The van der Waals surface area contributed by atoms with Crippen molar-refractivity contribution in [3.05, 3.63) is 59.3 Å². The molecule has 3 N–H and O–H groups in total. The van der Waals surface area contributed by atoms with Gasteiger partial charge in [0.1, 0.15) is 17.1 Å². The van der Waals surface area contributed by atoms with Gasteiger partial charge in [-0.2, -0.15) is 4.36 Å². The molecule has 1 aliphatic rings. The van der Waals surface area contributed by atoms with Crippen LogP contribution in [0.1, 0.15) is 29.8 Å². The van der Waals surface area contributed by atoms with Crippen LogP contribution in [0.3, 0.4) is 0 Å². The minimum atomic E-state index is -1.27. The zero-order chi connectivity index (χ0) is 22.3. The highest BCUT2D eigenvalue weighted by atomic mass is 35.5. The molecule has 1 aromatic heterocycles. The number of nitrogen functional groups attached to an aromatic ring is 1. The predicted octanol–water partition coefficient (Wildman–Crippen LogP) is 3.76. The summed E-state index contributed by atoms with van der Waals surface area (Å²) < 4.78 is 8.96. The highest BCUT2D eigenvalue weighted by Crippen LogP contribution is 2.46. The molecule has 7 nitrogen and oxygen atoms in total. The van der Waals surface area contributed by atoms with Gasteiger partial charge in [0, 0.05) is 35.4 Å². The Labute approximate surface area is 189 Å². The number of amides is 1. The lowest BCUT2D eigenvalue weighted by atomic mass is 9.80. The van der Waals surface area contributed by atoms with Crippen LogP contribution >= 0.6 is 11.6 Å². The number of ether oxygens (including phenoxy) is 1. The van der Waals surface area contributed by atoms with E-state index in [1.807, 2.05) is 24.3 Å². The molecule has 0 fully saturated rings. The summed E-state index contributed by atoms with van der Waals surface area (Å²) >= 11 is 10.9. The second-order valence-electron chi connectivity index (χ2n) is 7.71. The van der Waals surface area contributed by atoms with Crippen molar-refractivity contribution in [2.24, 2.45) is 4.36 Å². The number of rotatable bonds is 4. The van der Waals surface area contributed by atoms with Gasteiger partial charge in [-0.3, -0.25) is 4.79 Å². The maximum Gasteiger partial charge on any atom is 0.331 e. The van der Waals surface area contributed by atoms with Crippen LogP contribution < -0.4 is 5.73 Å². The Morgan fingerprint density at radius 2 is 2.10 bits per heavy atom. The first kappa shape index (κ1) is 21.3. The van der Waals surface area contributed by atoms with Gasteiger partial charge in [0.15, 0.2) is 0 Å². The molecule has 31 heavy (non-hydrogen) atoms. The Morgan fingerprint density at radius 3 is 2.77 bits per heavy atom. The number of benzene rings is 2. The third-order valence-electron chi connectivity index (χ3n) is 5.91. The van der Waals surface area contributed by atoms with E-state index in [-0.39, 0.29) is 12.3 Å². The first-order valence-electron chi connectivity index (χ1n) is 9.64. The van der Waals surface area contributed by atoms with Crippen LogP contribution in [-0.2, 0) is 33.2 Å². The number of para-hydroxylation sites is 1. The first-order valence-corrected chi connectivity index (χ1v) is 10.5. The Kier molecular flexibility index (Phi) is 5.45. The molecule has 0 unspecified atom stereocenters. The lowest BCUT2D eigenvalue weighted by Crippen LogP contribution is -2.61. The second-order valence-corrected chi connectivity index (χ2v) is 8.16. The molecule has 0 spiro atoms. The summed E-state index contributed by atoms with van der Waals surface area (Å²) in [6.45, 7) is 1.71. The number of carbonyl (C=O) groups is 2. The first-order chi connectivity index (χ1) is 14.8. The Morgan fingerprint density at radius 1 is 1.35 bits per heavy atom. The molecule has 1 aliphatic heterocycles. The minimum absolute atomic E-state index is 0.283. The average molecular weight is 457 g/mol. The largest absolute Gasteiger partial charge is 0.467 e. The van der Waals surface area contributed by atoms with Crippen molar-refractivity contribution in [1.82, 2.24) is 9.88 Å². The van der Waals surface area contributed by atoms with Gasteiger partial charge in [-0.25, -0.2) is 4.79 Å². The van der Waals surface area contributed by atoms with Gasteiger partial charge in [0.2, 0.25) is 5.91 Å². The summed E-state index contributed by atoms with van der Waals surface area (Å²) in [6, 6.07) is 12.4. The molecule has 0 saturated carbocycles. The van der Waals surface area contributed by atoms with Gasteiger partial charge in [-0.15, -0.1) is 11.6 Å². The number of anilines is 1. The SMILES string of the molecule is COC(=O)[C@@]1(C)Cc2c([nH]c3ccccc23)[C@@H](c2ccc(N)c(N=S)c2)N1C(=O)CCl. The van der Waals surface area contributed by atoms with Gasteiger partial charge in [-0.05, 0) is 36.2 Å². The fourth-order valence-corrected chi connectivity index (χ4v) is 4.77. The lowest BCUT2D eigenvalue weighted by molar-refractivity contribution is -0.163. The maximum atomic E-state index is 13.1. The van der Waals surface area contributed by atoms with E-state index in [2.05, 4.69) is 9.35 Å². The van der Waals surface area contributed by atoms with Crippen molar-refractivity contribution >= 4 is 58.2 Å². The summed E-state index contributed by atoms with van der Waals surface area (Å²) in [7, 11) is 1.31. The van der Waals surface area contributed by atoms with Crippen LogP contribution in [0.15, 0.2) is 46.8 Å². The lowest BCUT2D eigenvalue weighted by Gasteiger charge is -2.47. The fraction of sp³-hybridized carbons (Fsp3) is 0.273. The topological polar surface area (TPSA) is 101 Å². The Hall–Kier alpha value is -2.97. The zero-order valence-corrected chi connectivity index (χ0v) is 18.6. The third kappa shape index (κ3) is 3.26. The van der Waals surface area contributed by atoms with E-state index in [1.54, 1.807) is 25.1 Å². The monoisotopic (exact) mass is 456 g/mol. The summed E-state index contributed by atoms with van der Waals surface area (Å²) in [4.78, 5) is 31.1. The van der Waals surface area contributed by atoms with E-state index in [4.69, 9.17) is 34.5 Å². The molecule has 3 aromatic rings. The van der Waals surface area contributed by atoms with Gasteiger partial charge in [0.05, 0.1) is 18.8 Å². The van der Waals surface area contributed by atoms with Crippen molar-refractivity contribution < 1.29 is 14.3 Å². The summed E-state index contributed by atoms with van der Waals surface area (Å²) in [6.07, 6.45) is 0.283. The summed E-state index contributed by atoms with van der Waals surface area (Å²) in [5.41, 5.74) is 8.94. The Bertz CT molecular complexity index is 1210. The number of halogens is 1. The number of nitrogens with zero attached hydrogens (tertiary/aromatic N) is 2. The number of nitrogens with one attached hydrogen (secondary N) is 1. The number of methoxy groups -OCH3 is 1. The molecular weight excluding hydrogens is 436 g/mol. The molecule has 2 aromatic carbocycles. The highest BCUT2D eigenvalue weighted by Gasteiger charge is 2.52. The van der Waals surface area contributed by atoms with Gasteiger partial charge in [-0.1, -0.05) is 24.3 Å². The van der Waals surface area contributed by atoms with Crippen molar-refractivity contribution in [3.8, 4) is 0 Å². The molecule has 2 heterocycles. The maximum absolute atomic E-state index is 13.1. The number of alkyl halides is 1. The van der Waals surface area contributed by atoms with Gasteiger partial charge >= 0.3 is 5.97 Å². The normalized spacial score (nSPS) is 20.4. The predicted molar refractivity (Wildman–Crippen MR) is 122 cm³/mol. The molecule has 0 saturated heterocycles. The molecule has 1 amide bonds. The minimum Gasteiger partial charge on any atom is -0.467 e. The van der Waals surface area contributed by atoms with Crippen LogP contribution in [0.4, 0.5) is 11.4 Å². The molecule has 0 aliphatic carbocycles. The second kappa shape index (κ2) is 7.94. The molecular formula is C22H21ClN4O3S. The Balaban J connectivity index is 2.06. The quantitative estimate of drug-likeness (QED) is 0.353. The number of hydrogen-bond donors (Lipinski definition) is 2. The summed E-state index contributed by atoms with van der Waals surface area (Å²) in [5.74, 6) is -1.20. The van der Waals surface area contributed by atoms with Crippen molar-refractivity contribution in [2.45, 2.75) is 24.9 Å². The number of carbonyl (C=O) groups excluding carboxylic acids is 2. The molecule has 4 rings (SSSR count). The van der Waals surface area contributed by atoms with Crippen molar-refractivity contribution in [3.63, 3.8) is 0 Å². The smallest absolute Gasteiger partial charge is 0.331 e. The number of esters is 1. The number of aromatic amines is 1. The van der Waals surface area contributed by atoms with E-state index in [0.29, 0.717) is 16.9 Å². The van der Waals surface area contributed by atoms with Crippen LogP contribution in [0.2, 0.25) is 0 Å². The zero-order valence-electron chi connectivity index (χ0n) is 17.0. The standard InChI is InChI=1S/C22H21ClN4O3S/c1-22(21(29)30-2)10-14-13-5-3-4-6-16(13)25-19(14)20(27(22)18(28)11-23)12-7-8-15(24)17(9-12)26-31/h3-9,20,25H,10-11,24H2,1-2H3/t20-,22-/m1/s1. The number of nitrogens with two attached hydrogens (primary N) is 1. The van der Waals surface area contributed by atoms with Crippen LogP contribution in [0.25, 0.3) is 10.9 Å². The van der Waals surface area contributed by atoms with Gasteiger partial charge in [0.25, 0.3) is 0 Å². The third-order valence-corrected chi connectivity index (χ3v) is 6.33. The van der Waals surface area contributed by atoms with Crippen LogP contribution in [0, 0.1) is 0 Å². The van der Waals surface area contributed by atoms with Gasteiger partial charge < -0.3 is 20.4 Å². The highest BCUT2D eigenvalue weighted by molar-refractivity contribution is 7.47. The van der Waals surface area contributed by atoms with Crippen LogP contribution in [-0.4, -0.2) is 40.3 Å². The van der Waals surface area contributed by atoms with E-state index in [9.17, 15) is 9.59 Å². The number of aromatic nitrogens is 1. The van der Waals surface area contributed by atoms with E-state index >= 15 is 0 Å². The fourth-order valence-electron chi connectivity index (χ4n) is 4.49. The molecule has 160 valence electrons. The van der Waals surface area contributed by atoms with Crippen LogP contribution in [0.5, 0.6) is 0 Å². The molecule has 2 atom stereocenters. The molecule has 9 heteroatoms. The van der Waals surface area contributed by atoms with Crippen molar-refractivity contribution in [1.29, 1.82) is 0 Å². The molecule has 0 radical (unpaired) electrons. The van der Waals surface area contributed by atoms with Crippen molar-refractivity contribution in [2.75, 3.05) is 18.7 Å². The molecule has 0 bridgehead atoms. The van der Waals surface area contributed by atoms with E-state index < -0.39 is 23.5 Å². The summed E-state index contributed by atoms with van der Waals surface area (Å²) in [5, 5.41) is 0.985.